The number of imidazole rings is 1. The molecule has 1 aliphatic heterocycles. The fourth-order valence-corrected chi connectivity index (χ4v) is 4.77. The Labute approximate surface area is 237 Å². The van der Waals surface area contributed by atoms with E-state index in [0.29, 0.717) is 36.2 Å². The van der Waals surface area contributed by atoms with Gasteiger partial charge in [-0.25, -0.2) is 9.67 Å². The lowest BCUT2D eigenvalue weighted by Crippen LogP contribution is -2.24. The second kappa shape index (κ2) is 11.9. The smallest absolute Gasteiger partial charge is 0.416 e. The number of ether oxygens (including phenoxy) is 1. The number of aryl methyl sites for hydroxylation is 1. The molecule has 0 N–H and O–H groups in total. The SMILES string of the molecule is COc1cc(-c2nc(N3CCC(c4cccc(C(F)(F)F)c4)C3)n(C(C)C)n2)ccc1-n1cnc(C)c1.Cl.Cl. The minimum absolute atomic E-state index is 0. The maximum Gasteiger partial charge on any atom is 0.416 e. The van der Waals surface area contributed by atoms with E-state index in [4.69, 9.17) is 14.8 Å². The molecule has 0 aliphatic carbocycles. The molecule has 0 bridgehead atoms. The van der Waals surface area contributed by atoms with Crippen LogP contribution in [0.25, 0.3) is 17.1 Å². The summed E-state index contributed by atoms with van der Waals surface area (Å²) in [6.07, 6.45) is 0.0587. The van der Waals surface area contributed by atoms with Crippen molar-refractivity contribution in [3.8, 4) is 22.8 Å². The molecule has 5 rings (SSSR count). The second-order valence-electron chi connectivity index (χ2n) is 9.64. The van der Waals surface area contributed by atoms with Gasteiger partial charge in [0, 0.05) is 30.8 Å². The van der Waals surface area contributed by atoms with Crippen molar-refractivity contribution in [1.82, 2.24) is 24.3 Å². The first-order valence-electron chi connectivity index (χ1n) is 12.2. The molecule has 1 unspecified atom stereocenters. The Kier molecular flexibility index (Phi) is 9.23. The summed E-state index contributed by atoms with van der Waals surface area (Å²) in [5.41, 5.74) is 2.66. The molecule has 7 nitrogen and oxygen atoms in total. The van der Waals surface area contributed by atoms with Crippen molar-refractivity contribution in [2.75, 3.05) is 25.1 Å². The molecule has 2 aromatic carbocycles. The summed E-state index contributed by atoms with van der Waals surface area (Å²) in [6, 6.07) is 11.5. The minimum atomic E-state index is -4.35. The quantitative estimate of drug-likeness (QED) is 0.248. The topological polar surface area (TPSA) is 61.0 Å². The molecular weight excluding hydrogens is 552 g/mol. The molecule has 0 radical (unpaired) electrons. The summed E-state index contributed by atoms with van der Waals surface area (Å²) >= 11 is 0. The van der Waals surface area contributed by atoms with E-state index in [1.54, 1.807) is 19.5 Å². The fourth-order valence-electron chi connectivity index (χ4n) is 4.77. The van der Waals surface area contributed by atoms with Gasteiger partial charge in [-0.1, -0.05) is 18.2 Å². The van der Waals surface area contributed by atoms with E-state index in [1.165, 1.54) is 12.1 Å². The second-order valence-corrected chi connectivity index (χ2v) is 9.64. The van der Waals surface area contributed by atoms with Gasteiger partial charge in [0.25, 0.3) is 0 Å². The minimum Gasteiger partial charge on any atom is -0.495 e. The summed E-state index contributed by atoms with van der Waals surface area (Å²) in [4.78, 5) is 11.3. The van der Waals surface area contributed by atoms with Crippen LogP contribution in [0.4, 0.5) is 19.1 Å². The van der Waals surface area contributed by atoms with Crippen LogP contribution in [0.2, 0.25) is 0 Å². The summed E-state index contributed by atoms with van der Waals surface area (Å²) in [6.45, 7) is 7.26. The zero-order valence-electron chi connectivity index (χ0n) is 22.0. The number of aromatic nitrogens is 5. The number of rotatable bonds is 6. The van der Waals surface area contributed by atoms with Gasteiger partial charge >= 0.3 is 6.18 Å². The first-order valence-corrected chi connectivity index (χ1v) is 12.2. The average Bonchev–Trinajstić information content (AvgIpc) is 3.62. The zero-order chi connectivity index (χ0) is 26.3. The maximum atomic E-state index is 13.2. The monoisotopic (exact) mass is 582 g/mol. The summed E-state index contributed by atoms with van der Waals surface area (Å²) < 4.78 is 49.1. The highest BCUT2D eigenvalue weighted by molar-refractivity contribution is 5.85. The number of anilines is 1. The molecule has 210 valence electrons. The van der Waals surface area contributed by atoms with E-state index in [2.05, 4.69) is 9.88 Å². The van der Waals surface area contributed by atoms with E-state index < -0.39 is 11.7 Å². The normalized spacial score (nSPS) is 15.3. The van der Waals surface area contributed by atoms with Gasteiger partial charge in [-0.05, 0) is 57.0 Å². The van der Waals surface area contributed by atoms with Crippen LogP contribution in [0.5, 0.6) is 5.75 Å². The third-order valence-corrected chi connectivity index (χ3v) is 6.69. The number of alkyl halides is 3. The Balaban J connectivity index is 0.00000210. The van der Waals surface area contributed by atoms with Crippen LogP contribution in [0.1, 0.15) is 49.0 Å². The predicted octanol–water partition coefficient (Wildman–Crippen LogP) is 6.89. The van der Waals surface area contributed by atoms with Crippen LogP contribution in [-0.4, -0.2) is 44.5 Å². The predicted molar refractivity (Wildman–Crippen MR) is 150 cm³/mol. The van der Waals surface area contributed by atoms with Crippen LogP contribution in [0.3, 0.4) is 0 Å². The van der Waals surface area contributed by atoms with Crippen molar-refractivity contribution >= 4 is 30.8 Å². The zero-order valence-corrected chi connectivity index (χ0v) is 23.6. The highest BCUT2D eigenvalue weighted by Crippen LogP contribution is 2.36. The van der Waals surface area contributed by atoms with Crippen molar-refractivity contribution < 1.29 is 17.9 Å². The van der Waals surface area contributed by atoms with Crippen LogP contribution < -0.4 is 9.64 Å². The van der Waals surface area contributed by atoms with Gasteiger partial charge in [0.1, 0.15) is 5.75 Å². The molecule has 39 heavy (non-hydrogen) atoms. The van der Waals surface area contributed by atoms with E-state index in [9.17, 15) is 13.2 Å². The lowest BCUT2D eigenvalue weighted by Gasteiger charge is -2.20. The summed E-state index contributed by atoms with van der Waals surface area (Å²) in [5, 5.41) is 4.79. The van der Waals surface area contributed by atoms with Gasteiger partial charge in [-0.3, -0.25) is 0 Å². The number of hydrogen-bond donors (Lipinski definition) is 0. The molecule has 2 aromatic heterocycles. The van der Waals surface area contributed by atoms with Crippen molar-refractivity contribution in [2.45, 2.75) is 45.3 Å². The molecule has 1 fully saturated rings. The number of hydrogen-bond acceptors (Lipinski definition) is 5. The molecule has 1 atom stereocenters. The highest BCUT2D eigenvalue weighted by Gasteiger charge is 2.33. The number of benzene rings is 2. The van der Waals surface area contributed by atoms with Gasteiger partial charge in [0.15, 0.2) is 5.82 Å². The largest absolute Gasteiger partial charge is 0.495 e. The number of nitrogens with zero attached hydrogens (tertiary/aromatic N) is 6. The number of halogens is 5. The summed E-state index contributed by atoms with van der Waals surface area (Å²) in [5.74, 6) is 1.94. The third kappa shape index (κ3) is 6.17. The molecule has 3 heterocycles. The Bertz CT molecular complexity index is 1420. The van der Waals surface area contributed by atoms with Crippen molar-refractivity contribution in [3.05, 3.63) is 71.8 Å². The standard InChI is InChI=1S/C27H29F3N6O.2ClH/c1-17(2)36-26(34-11-10-21(15-34)19-6-5-7-22(12-19)27(28,29)30)32-25(33-36)20-8-9-23(24(13-20)37-4)35-14-18(3)31-16-35;;/h5-9,12-14,16-17,21H,10-11,15H2,1-4H3;2*1H. The van der Waals surface area contributed by atoms with E-state index >= 15 is 0 Å². The van der Waals surface area contributed by atoms with Gasteiger partial charge in [0.05, 0.1) is 36.4 Å². The van der Waals surface area contributed by atoms with E-state index in [0.717, 1.165) is 29.4 Å². The van der Waals surface area contributed by atoms with Gasteiger partial charge in [-0.2, -0.15) is 18.2 Å². The first kappa shape index (κ1) is 30.3. The van der Waals surface area contributed by atoms with Crippen molar-refractivity contribution in [3.63, 3.8) is 0 Å². The van der Waals surface area contributed by atoms with Gasteiger partial charge in [-0.15, -0.1) is 29.9 Å². The Morgan fingerprint density at radius 2 is 1.85 bits per heavy atom. The highest BCUT2D eigenvalue weighted by atomic mass is 35.5. The molecule has 4 aromatic rings. The van der Waals surface area contributed by atoms with Crippen LogP contribution in [-0.2, 0) is 6.18 Å². The van der Waals surface area contributed by atoms with Crippen LogP contribution in [0.15, 0.2) is 55.0 Å². The lowest BCUT2D eigenvalue weighted by atomic mass is 9.96. The van der Waals surface area contributed by atoms with E-state index in [1.807, 2.05) is 54.4 Å². The number of methoxy groups -OCH3 is 1. The molecule has 0 spiro atoms. The lowest BCUT2D eigenvalue weighted by molar-refractivity contribution is -0.137. The average molecular weight is 583 g/mol. The van der Waals surface area contributed by atoms with Crippen LogP contribution in [0, 0.1) is 6.92 Å². The molecule has 1 saturated heterocycles. The van der Waals surface area contributed by atoms with Crippen molar-refractivity contribution in [2.24, 2.45) is 0 Å². The maximum absolute atomic E-state index is 13.2. The fraction of sp³-hybridized carbons (Fsp3) is 0.370. The van der Waals surface area contributed by atoms with Crippen molar-refractivity contribution in [1.29, 1.82) is 0 Å². The van der Waals surface area contributed by atoms with Gasteiger partial charge < -0.3 is 14.2 Å². The Morgan fingerprint density at radius 1 is 1.08 bits per heavy atom. The first-order chi connectivity index (χ1) is 17.6. The van der Waals surface area contributed by atoms with Gasteiger partial charge in [0.2, 0.25) is 5.95 Å². The molecule has 1 aliphatic rings. The van der Waals surface area contributed by atoms with E-state index in [-0.39, 0.29) is 36.8 Å². The Hall–Kier alpha value is -3.24. The molecule has 0 amide bonds. The molecule has 12 heteroatoms. The molecule has 0 saturated carbocycles. The Morgan fingerprint density at radius 3 is 2.49 bits per heavy atom. The summed E-state index contributed by atoms with van der Waals surface area (Å²) in [7, 11) is 1.62. The third-order valence-electron chi connectivity index (χ3n) is 6.69. The molecular formula is C27H31Cl2F3N6O. The van der Waals surface area contributed by atoms with Crippen LogP contribution >= 0.6 is 24.8 Å².